The number of benzene rings is 3. The van der Waals surface area contributed by atoms with Crippen molar-refractivity contribution in [2.75, 3.05) is 10.6 Å². The van der Waals surface area contributed by atoms with E-state index in [1.54, 1.807) is 37.3 Å². The van der Waals surface area contributed by atoms with Crippen molar-refractivity contribution in [1.82, 2.24) is 15.0 Å². The number of aromatic nitrogens is 3. The van der Waals surface area contributed by atoms with Crippen molar-refractivity contribution >= 4 is 45.9 Å². The highest BCUT2D eigenvalue weighted by molar-refractivity contribution is 7.99. The van der Waals surface area contributed by atoms with Crippen LogP contribution in [0.5, 0.6) is 5.75 Å². The van der Waals surface area contributed by atoms with Gasteiger partial charge in [-0.2, -0.15) is 0 Å². The fourth-order valence-corrected chi connectivity index (χ4v) is 4.81. The van der Waals surface area contributed by atoms with Gasteiger partial charge >= 0.3 is 0 Å². The van der Waals surface area contributed by atoms with Crippen LogP contribution in [0.15, 0.2) is 88.9 Å². The Bertz CT molecular complexity index is 1680. The summed E-state index contributed by atoms with van der Waals surface area (Å²) in [4.78, 5) is 28.4. The molecule has 0 aliphatic rings. The smallest absolute Gasteiger partial charge is 0.255 e. The lowest BCUT2D eigenvalue weighted by Crippen LogP contribution is -2.12. The van der Waals surface area contributed by atoms with Crippen LogP contribution < -0.4 is 10.6 Å². The summed E-state index contributed by atoms with van der Waals surface area (Å²) in [7, 11) is 0. The Morgan fingerprint density at radius 1 is 0.974 bits per heavy atom. The lowest BCUT2D eigenvalue weighted by Gasteiger charge is -2.15. The summed E-state index contributed by atoms with van der Waals surface area (Å²) in [5.74, 6) is 0.334. The second-order valence-corrected chi connectivity index (χ2v) is 10.4. The third kappa shape index (κ3) is 5.99. The molecule has 0 fully saturated rings. The van der Waals surface area contributed by atoms with E-state index in [2.05, 4.69) is 39.4 Å². The minimum Gasteiger partial charge on any atom is -0.508 e. The molecule has 0 saturated heterocycles. The molecule has 1 amide bonds. The summed E-state index contributed by atoms with van der Waals surface area (Å²) in [5, 5.41) is 16.6. The molecule has 5 rings (SSSR count). The molecule has 3 aromatic carbocycles. The third-order valence-corrected chi connectivity index (χ3v) is 7.17. The molecule has 5 aromatic rings. The topological polar surface area (TPSA) is 100 Å². The Hall–Kier alpha value is -4.50. The van der Waals surface area contributed by atoms with Gasteiger partial charge in [0, 0.05) is 26.7 Å². The van der Waals surface area contributed by atoms with E-state index in [1.165, 1.54) is 30.2 Å². The van der Waals surface area contributed by atoms with E-state index in [9.17, 15) is 14.3 Å². The maximum absolute atomic E-state index is 13.7. The van der Waals surface area contributed by atoms with Gasteiger partial charge in [0.15, 0.2) is 5.65 Å². The minimum atomic E-state index is -0.332. The molecule has 9 heteroatoms. The average Bonchev–Trinajstić information content (AvgIpc) is 2.92. The molecule has 0 atom stereocenters. The number of rotatable bonds is 7. The predicted octanol–water partition coefficient (Wildman–Crippen LogP) is 7.45. The Labute approximate surface area is 229 Å². The van der Waals surface area contributed by atoms with Gasteiger partial charge in [0.05, 0.1) is 11.1 Å². The van der Waals surface area contributed by atoms with Gasteiger partial charge in [0.25, 0.3) is 5.91 Å². The number of anilines is 3. The van der Waals surface area contributed by atoms with Gasteiger partial charge in [-0.1, -0.05) is 25.6 Å². The van der Waals surface area contributed by atoms with Crippen LogP contribution in [0.4, 0.5) is 21.6 Å². The predicted molar refractivity (Wildman–Crippen MR) is 152 cm³/mol. The quantitative estimate of drug-likeness (QED) is 0.197. The number of nitrogens with one attached hydrogen (secondary N) is 2. The monoisotopic (exact) mass is 539 g/mol. The number of hydrogen-bond acceptors (Lipinski definition) is 7. The SMILES string of the molecule is Cc1cc(NC(=O)c2ccc(Sc3ccc(O)cc3)c(Nc3ncnc4nc(C(C)C)ccc34)c2)ccc1F. The second-order valence-electron chi connectivity index (χ2n) is 9.33. The first-order chi connectivity index (χ1) is 18.8. The van der Waals surface area contributed by atoms with Crippen molar-refractivity contribution < 1.29 is 14.3 Å². The molecule has 0 aliphatic heterocycles. The van der Waals surface area contributed by atoms with Crippen LogP contribution in [-0.4, -0.2) is 26.0 Å². The molecule has 39 heavy (non-hydrogen) atoms. The molecular weight excluding hydrogens is 513 g/mol. The third-order valence-electron chi connectivity index (χ3n) is 6.09. The molecule has 0 unspecified atom stereocenters. The fraction of sp³-hybridized carbons (Fsp3) is 0.133. The Morgan fingerprint density at radius 2 is 1.77 bits per heavy atom. The zero-order valence-corrected chi connectivity index (χ0v) is 22.4. The van der Waals surface area contributed by atoms with E-state index in [0.29, 0.717) is 34.0 Å². The van der Waals surface area contributed by atoms with Crippen LogP contribution >= 0.6 is 11.8 Å². The average molecular weight is 540 g/mol. The summed E-state index contributed by atoms with van der Waals surface area (Å²) in [6, 6.07) is 20.6. The molecular formula is C30H26FN5O2S. The summed E-state index contributed by atoms with van der Waals surface area (Å²) in [6.45, 7) is 5.80. The lowest BCUT2D eigenvalue weighted by atomic mass is 10.1. The molecule has 2 heterocycles. The number of hydrogen-bond donors (Lipinski definition) is 3. The van der Waals surface area contributed by atoms with E-state index in [-0.39, 0.29) is 23.4 Å². The summed E-state index contributed by atoms with van der Waals surface area (Å²) >= 11 is 1.48. The van der Waals surface area contributed by atoms with Crippen LogP contribution in [-0.2, 0) is 0 Å². The first-order valence-corrected chi connectivity index (χ1v) is 13.2. The first kappa shape index (κ1) is 26.1. The number of amides is 1. The maximum atomic E-state index is 13.7. The van der Waals surface area contributed by atoms with E-state index >= 15 is 0 Å². The highest BCUT2D eigenvalue weighted by atomic mass is 32.2. The normalized spacial score (nSPS) is 11.1. The number of carbonyl (C=O) groups is 1. The summed E-state index contributed by atoms with van der Waals surface area (Å²) in [6.07, 6.45) is 1.46. The van der Waals surface area contributed by atoms with Crippen LogP contribution in [0, 0.1) is 12.7 Å². The Morgan fingerprint density at radius 3 is 2.51 bits per heavy atom. The van der Waals surface area contributed by atoms with Gasteiger partial charge in [0.2, 0.25) is 0 Å². The molecule has 3 N–H and O–H groups in total. The summed E-state index contributed by atoms with van der Waals surface area (Å²) in [5.41, 5.74) is 3.53. The zero-order chi connectivity index (χ0) is 27.5. The number of nitrogens with zero attached hydrogens (tertiary/aromatic N) is 3. The summed E-state index contributed by atoms with van der Waals surface area (Å²) < 4.78 is 13.7. The van der Waals surface area contributed by atoms with Crippen LogP contribution in [0.1, 0.15) is 41.4 Å². The number of fused-ring (bicyclic) bond motifs is 1. The number of carbonyl (C=O) groups excluding carboxylic acids is 1. The van der Waals surface area contributed by atoms with E-state index in [0.717, 1.165) is 20.9 Å². The van der Waals surface area contributed by atoms with Crippen molar-refractivity contribution in [3.05, 3.63) is 102 Å². The van der Waals surface area contributed by atoms with Crippen LogP contribution in [0.3, 0.4) is 0 Å². The molecule has 0 bridgehead atoms. The van der Waals surface area contributed by atoms with Crippen molar-refractivity contribution in [3.8, 4) is 5.75 Å². The minimum absolute atomic E-state index is 0.182. The number of phenolic OH excluding ortho intramolecular Hbond substituents is 1. The van der Waals surface area contributed by atoms with Gasteiger partial charge in [0.1, 0.15) is 23.7 Å². The van der Waals surface area contributed by atoms with Gasteiger partial charge in [-0.3, -0.25) is 4.79 Å². The van der Waals surface area contributed by atoms with Gasteiger partial charge in [-0.15, -0.1) is 0 Å². The molecule has 7 nitrogen and oxygen atoms in total. The standard InChI is InChI=1S/C30H26FN5O2S/c1-17(2)25-12-10-23-28(35-25)32-16-33-29(23)36-26-15-19(30(38)34-20-5-11-24(31)18(3)14-20)4-13-27(26)39-22-8-6-21(37)7-9-22/h4-17,37H,1-3H3,(H,34,38)(H,32,33,35,36). The number of aryl methyl sites for hydroxylation is 1. The highest BCUT2D eigenvalue weighted by Crippen LogP contribution is 2.37. The van der Waals surface area contributed by atoms with E-state index in [1.807, 2.05) is 30.3 Å². The molecule has 0 saturated carbocycles. The largest absolute Gasteiger partial charge is 0.508 e. The fourth-order valence-electron chi connectivity index (χ4n) is 3.93. The van der Waals surface area contributed by atoms with E-state index in [4.69, 9.17) is 0 Å². The number of pyridine rings is 1. The van der Waals surface area contributed by atoms with Gasteiger partial charge in [-0.25, -0.2) is 19.3 Å². The van der Waals surface area contributed by atoms with Gasteiger partial charge in [-0.05, 0) is 91.2 Å². The first-order valence-electron chi connectivity index (χ1n) is 12.3. The molecule has 2 aromatic heterocycles. The number of halogens is 1. The molecule has 0 radical (unpaired) electrons. The second kappa shape index (κ2) is 11.1. The molecule has 196 valence electrons. The molecule has 0 aliphatic carbocycles. The van der Waals surface area contributed by atoms with E-state index < -0.39 is 0 Å². The molecule has 0 spiro atoms. The Kier molecular flexibility index (Phi) is 7.42. The number of phenols is 1. The zero-order valence-electron chi connectivity index (χ0n) is 21.6. The lowest BCUT2D eigenvalue weighted by molar-refractivity contribution is 0.102. The maximum Gasteiger partial charge on any atom is 0.255 e. The van der Waals surface area contributed by atoms with Crippen molar-refractivity contribution in [2.45, 2.75) is 36.5 Å². The Balaban J connectivity index is 1.51. The van der Waals surface area contributed by atoms with Crippen molar-refractivity contribution in [3.63, 3.8) is 0 Å². The van der Waals surface area contributed by atoms with Crippen molar-refractivity contribution in [1.29, 1.82) is 0 Å². The van der Waals surface area contributed by atoms with Crippen LogP contribution in [0.2, 0.25) is 0 Å². The van der Waals surface area contributed by atoms with Crippen LogP contribution in [0.25, 0.3) is 11.0 Å². The van der Waals surface area contributed by atoms with Gasteiger partial charge < -0.3 is 15.7 Å². The highest BCUT2D eigenvalue weighted by Gasteiger charge is 2.15. The van der Waals surface area contributed by atoms with Crippen molar-refractivity contribution in [2.24, 2.45) is 0 Å². The number of aromatic hydroxyl groups is 1.